The minimum atomic E-state index is 0.0893. The average molecular weight is 256 g/mol. The van der Waals surface area contributed by atoms with Gasteiger partial charge in [-0.05, 0) is 40.3 Å². The average Bonchev–Trinajstić information content (AvgIpc) is 2.51. The summed E-state index contributed by atoms with van der Waals surface area (Å²) in [5.74, 6) is 0.0893. The van der Waals surface area contributed by atoms with Crippen LogP contribution in [0.15, 0.2) is 66.7 Å². The molecule has 1 aliphatic carbocycles. The lowest BCUT2D eigenvalue weighted by molar-refractivity contribution is 0.104. The Bertz CT molecular complexity index is 858. The van der Waals surface area contributed by atoms with Crippen LogP contribution in [0.4, 0.5) is 0 Å². The van der Waals surface area contributed by atoms with Crippen molar-refractivity contribution in [1.29, 1.82) is 0 Å². The number of allylic oxidation sites excluding steroid dienone is 1. The first-order valence-electron chi connectivity index (χ1n) is 6.67. The van der Waals surface area contributed by atoms with E-state index in [2.05, 4.69) is 30.3 Å². The van der Waals surface area contributed by atoms with Gasteiger partial charge in [-0.1, -0.05) is 54.6 Å². The maximum Gasteiger partial charge on any atom is 0.186 e. The van der Waals surface area contributed by atoms with Gasteiger partial charge in [0.1, 0.15) is 0 Å². The van der Waals surface area contributed by atoms with E-state index < -0.39 is 0 Å². The van der Waals surface area contributed by atoms with E-state index in [9.17, 15) is 4.79 Å². The molecule has 1 aliphatic rings. The molecular formula is C19H12O. The summed E-state index contributed by atoms with van der Waals surface area (Å²) in [7, 11) is 0. The van der Waals surface area contributed by atoms with Crippen LogP contribution in [0.2, 0.25) is 0 Å². The third-order valence-corrected chi connectivity index (χ3v) is 3.80. The molecule has 0 atom stereocenters. The molecule has 0 aromatic heterocycles. The van der Waals surface area contributed by atoms with E-state index in [0.717, 1.165) is 33.0 Å². The number of carbonyl (C=O) groups excluding carboxylic acids is 1. The van der Waals surface area contributed by atoms with E-state index in [-0.39, 0.29) is 5.78 Å². The van der Waals surface area contributed by atoms with Gasteiger partial charge in [0.25, 0.3) is 0 Å². The predicted molar refractivity (Wildman–Crippen MR) is 82.7 cm³/mol. The van der Waals surface area contributed by atoms with Gasteiger partial charge in [0.2, 0.25) is 0 Å². The molecule has 0 bridgehead atoms. The van der Waals surface area contributed by atoms with Crippen LogP contribution in [-0.4, -0.2) is 5.78 Å². The maximum atomic E-state index is 12.2. The van der Waals surface area contributed by atoms with Crippen molar-refractivity contribution in [3.8, 4) is 11.1 Å². The molecule has 20 heavy (non-hydrogen) atoms. The highest BCUT2D eigenvalue weighted by Gasteiger charge is 2.16. The molecule has 1 nitrogen and oxygen atoms in total. The molecule has 0 radical (unpaired) electrons. The van der Waals surface area contributed by atoms with Gasteiger partial charge in [0, 0.05) is 10.9 Å². The van der Waals surface area contributed by atoms with Gasteiger partial charge in [0.05, 0.1) is 0 Å². The molecule has 0 saturated heterocycles. The van der Waals surface area contributed by atoms with Gasteiger partial charge in [-0.25, -0.2) is 0 Å². The number of hydrogen-bond acceptors (Lipinski definition) is 1. The lowest BCUT2D eigenvalue weighted by Gasteiger charge is -2.14. The number of benzene rings is 3. The molecule has 0 amide bonds. The Kier molecular flexibility index (Phi) is 2.33. The van der Waals surface area contributed by atoms with Gasteiger partial charge in [0.15, 0.2) is 5.78 Å². The number of hydrogen-bond donors (Lipinski definition) is 0. The Balaban J connectivity index is 2.07. The van der Waals surface area contributed by atoms with Crippen molar-refractivity contribution in [3.05, 3.63) is 77.9 Å². The van der Waals surface area contributed by atoms with Crippen LogP contribution in [0, 0.1) is 0 Å². The third kappa shape index (κ3) is 1.60. The fourth-order valence-electron chi connectivity index (χ4n) is 2.84. The van der Waals surface area contributed by atoms with Crippen LogP contribution >= 0.6 is 0 Å². The second-order valence-electron chi connectivity index (χ2n) is 5.03. The van der Waals surface area contributed by atoms with Crippen LogP contribution in [0.25, 0.3) is 28.0 Å². The SMILES string of the molecule is O=C1C=Cc2cccc3cc(-c4ccccc4)cc1c23. The molecule has 1 heteroatoms. The Hall–Kier alpha value is -2.67. The van der Waals surface area contributed by atoms with Crippen molar-refractivity contribution < 1.29 is 4.79 Å². The second-order valence-corrected chi connectivity index (χ2v) is 5.03. The maximum absolute atomic E-state index is 12.2. The molecule has 0 saturated carbocycles. The highest BCUT2D eigenvalue weighted by molar-refractivity contribution is 6.20. The van der Waals surface area contributed by atoms with Crippen molar-refractivity contribution >= 4 is 22.6 Å². The highest BCUT2D eigenvalue weighted by atomic mass is 16.1. The van der Waals surface area contributed by atoms with E-state index in [1.807, 2.05) is 36.4 Å². The number of carbonyl (C=O) groups is 1. The molecule has 94 valence electrons. The van der Waals surface area contributed by atoms with E-state index in [1.165, 1.54) is 0 Å². The lowest BCUT2D eigenvalue weighted by atomic mass is 9.89. The van der Waals surface area contributed by atoms with Crippen molar-refractivity contribution in [1.82, 2.24) is 0 Å². The van der Waals surface area contributed by atoms with E-state index in [1.54, 1.807) is 6.08 Å². The summed E-state index contributed by atoms with van der Waals surface area (Å²) >= 11 is 0. The van der Waals surface area contributed by atoms with Gasteiger partial charge in [-0.3, -0.25) is 4.79 Å². The first kappa shape index (κ1) is 11.2. The zero-order valence-electron chi connectivity index (χ0n) is 10.8. The summed E-state index contributed by atoms with van der Waals surface area (Å²) < 4.78 is 0. The number of rotatable bonds is 1. The van der Waals surface area contributed by atoms with Gasteiger partial charge in [-0.2, -0.15) is 0 Å². The summed E-state index contributed by atoms with van der Waals surface area (Å²) in [6.45, 7) is 0. The van der Waals surface area contributed by atoms with Crippen molar-refractivity contribution in [2.75, 3.05) is 0 Å². The summed E-state index contributed by atoms with van der Waals surface area (Å²) in [5.41, 5.74) is 4.16. The molecule has 4 rings (SSSR count). The summed E-state index contributed by atoms with van der Waals surface area (Å²) in [6.07, 6.45) is 3.56. The fourth-order valence-corrected chi connectivity index (χ4v) is 2.84. The standard InChI is InChI=1S/C19H12O/c20-18-10-9-14-7-4-8-15-11-16(12-17(18)19(14)15)13-5-2-1-3-6-13/h1-12H. The minimum absolute atomic E-state index is 0.0893. The third-order valence-electron chi connectivity index (χ3n) is 3.80. The first-order valence-corrected chi connectivity index (χ1v) is 6.67. The van der Waals surface area contributed by atoms with Crippen LogP contribution < -0.4 is 0 Å². The molecule has 0 spiro atoms. The predicted octanol–water partition coefficient (Wildman–Crippen LogP) is 4.72. The van der Waals surface area contributed by atoms with Crippen molar-refractivity contribution in [3.63, 3.8) is 0 Å². The van der Waals surface area contributed by atoms with E-state index in [4.69, 9.17) is 0 Å². The molecule has 0 unspecified atom stereocenters. The minimum Gasteiger partial charge on any atom is -0.289 e. The molecule has 0 N–H and O–H groups in total. The smallest absolute Gasteiger partial charge is 0.186 e. The van der Waals surface area contributed by atoms with Crippen LogP contribution in [0.3, 0.4) is 0 Å². The largest absolute Gasteiger partial charge is 0.289 e. The fraction of sp³-hybridized carbons (Fsp3) is 0. The second kappa shape index (κ2) is 4.17. The monoisotopic (exact) mass is 256 g/mol. The molecule has 3 aromatic carbocycles. The summed E-state index contributed by atoms with van der Waals surface area (Å²) in [4.78, 5) is 12.2. The topological polar surface area (TPSA) is 17.1 Å². The first-order chi connectivity index (χ1) is 9.83. The molecule has 0 fully saturated rings. The van der Waals surface area contributed by atoms with Crippen molar-refractivity contribution in [2.45, 2.75) is 0 Å². The Morgan fingerprint density at radius 3 is 2.40 bits per heavy atom. The van der Waals surface area contributed by atoms with Crippen molar-refractivity contribution in [2.24, 2.45) is 0 Å². The van der Waals surface area contributed by atoms with Crippen LogP contribution in [-0.2, 0) is 0 Å². The molecule has 0 heterocycles. The van der Waals surface area contributed by atoms with Crippen LogP contribution in [0.1, 0.15) is 15.9 Å². The van der Waals surface area contributed by atoms with E-state index >= 15 is 0 Å². The lowest BCUT2D eigenvalue weighted by Crippen LogP contribution is -2.02. The van der Waals surface area contributed by atoms with Gasteiger partial charge >= 0.3 is 0 Å². The van der Waals surface area contributed by atoms with Gasteiger partial charge < -0.3 is 0 Å². The van der Waals surface area contributed by atoms with E-state index in [0.29, 0.717) is 0 Å². The quantitative estimate of drug-likeness (QED) is 0.616. The zero-order valence-corrected chi connectivity index (χ0v) is 10.8. The zero-order chi connectivity index (χ0) is 13.5. The Morgan fingerprint density at radius 1 is 0.700 bits per heavy atom. The summed E-state index contributed by atoms with van der Waals surface area (Å²) in [6, 6.07) is 20.5. The normalized spacial score (nSPS) is 12.9. The highest BCUT2D eigenvalue weighted by Crippen LogP contribution is 2.33. The van der Waals surface area contributed by atoms with Crippen LogP contribution in [0.5, 0.6) is 0 Å². The molecular weight excluding hydrogens is 244 g/mol. The Labute approximate surface area is 117 Å². The molecule has 0 aliphatic heterocycles. The molecule has 3 aromatic rings. The Morgan fingerprint density at radius 2 is 1.55 bits per heavy atom. The number of ketones is 1. The van der Waals surface area contributed by atoms with Gasteiger partial charge in [-0.15, -0.1) is 0 Å². The summed E-state index contributed by atoms with van der Waals surface area (Å²) in [5, 5.41) is 2.19.